The Hall–Kier alpha value is -0.740. The van der Waals surface area contributed by atoms with Gasteiger partial charge in [-0.25, -0.2) is 0 Å². The molecule has 120 valence electrons. The third-order valence-electron chi connectivity index (χ3n) is 3.68. The molecule has 0 radical (unpaired) electrons. The third kappa shape index (κ3) is 5.51. The van der Waals surface area contributed by atoms with E-state index in [1.165, 1.54) is 0 Å². The number of halogens is 2. The number of phenols is 1. The molecule has 2 rings (SSSR count). The van der Waals surface area contributed by atoms with Gasteiger partial charge in [0.05, 0.1) is 0 Å². The molecule has 1 atom stereocenters. The molecule has 0 spiro atoms. The van der Waals surface area contributed by atoms with Crippen molar-refractivity contribution in [3.63, 3.8) is 0 Å². The van der Waals surface area contributed by atoms with Gasteiger partial charge in [0.25, 0.3) is 0 Å². The van der Waals surface area contributed by atoms with E-state index in [-0.39, 0.29) is 30.9 Å². The zero-order valence-electron chi connectivity index (χ0n) is 12.8. The molecule has 1 saturated heterocycles. The van der Waals surface area contributed by atoms with Crippen molar-refractivity contribution in [2.24, 2.45) is 0 Å². The first-order chi connectivity index (χ1) is 9.08. The van der Waals surface area contributed by atoms with Crippen LogP contribution < -0.4 is 5.32 Å². The van der Waals surface area contributed by atoms with Gasteiger partial charge in [0.15, 0.2) is 0 Å². The van der Waals surface area contributed by atoms with E-state index in [2.05, 4.69) is 35.9 Å². The van der Waals surface area contributed by atoms with Crippen molar-refractivity contribution in [3.05, 3.63) is 41.5 Å². The van der Waals surface area contributed by atoms with E-state index in [4.69, 9.17) is 0 Å². The molecular formula is C16H26Cl2N2O. The Bertz CT molecular complexity index is 460. The average molecular weight is 333 g/mol. The van der Waals surface area contributed by atoms with Crippen molar-refractivity contribution in [1.29, 1.82) is 0 Å². The molecular weight excluding hydrogens is 307 g/mol. The molecule has 0 amide bonds. The SMILES string of the molecule is C=C(C)C[C@H](c1ccc(C)cc1O)N1CCNCC1.Cl.Cl. The van der Waals surface area contributed by atoms with Crippen LogP contribution in [-0.4, -0.2) is 36.2 Å². The zero-order valence-corrected chi connectivity index (χ0v) is 14.4. The Morgan fingerprint density at radius 1 is 1.33 bits per heavy atom. The lowest BCUT2D eigenvalue weighted by molar-refractivity contribution is 0.170. The summed E-state index contributed by atoms with van der Waals surface area (Å²) in [5, 5.41) is 13.6. The van der Waals surface area contributed by atoms with Gasteiger partial charge in [0.1, 0.15) is 5.75 Å². The largest absolute Gasteiger partial charge is 0.508 e. The Labute approximate surface area is 140 Å². The fourth-order valence-corrected chi connectivity index (χ4v) is 2.70. The predicted molar refractivity (Wildman–Crippen MR) is 94.0 cm³/mol. The summed E-state index contributed by atoms with van der Waals surface area (Å²) in [7, 11) is 0. The van der Waals surface area contributed by atoms with Crippen LogP contribution in [0.3, 0.4) is 0 Å². The van der Waals surface area contributed by atoms with E-state index in [1.807, 2.05) is 13.0 Å². The summed E-state index contributed by atoms with van der Waals surface area (Å²) in [5.41, 5.74) is 3.27. The molecule has 1 aromatic rings. The minimum absolute atomic E-state index is 0. The number of nitrogens with zero attached hydrogens (tertiary/aromatic N) is 1. The van der Waals surface area contributed by atoms with Gasteiger partial charge in [-0.2, -0.15) is 0 Å². The number of phenolic OH excluding ortho intramolecular Hbond substituents is 1. The molecule has 3 nitrogen and oxygen atoms in total. The van der Waals surface area contributed by atoms with Crippen molar-refractivity contribution in [3.8, 4) is 5.75 Å². The van der Waals surface area contributed by atoms with Crippen LogP contribution in [0.5, 0.6) is 5.75 Å². The number of aromatic hydroxyl groups is 1. The fraction of sp³-hybridized carbons (Fsp3) is 0.500. The summed E-state index contributed by atoms with van der Waals surface area (Å²) in [6, 6.07) is 6.21. The molecule has 1 aliphatic rings. The number of aryl methyl sites for hydroxylation is 1. The lowest BCUT2D eigenvalue weighted by Crippen LogP contribution is -2.45. The van der Waals surface area contributed by atoms with Crippen LogP contribution in [0, 0.1) is 6.92 Å². The second-order valence-electron chi connectivity index (χ2n) is 5.53. The first-order valence-corrected chi connectivity index (χ1v) is 6.96. The Morgan fingerprint density at radius 2 is 1.95 bits per heavy atom. The van der Waals surface area contributed by atoms with Gasteiger partial charge in [-0.1, -0.05) is 17.7 Å². The number of piperazine rings is 1. The first-order valence-electron chi connectivity index (χ1n) is 6.96. The van der Waals surface area contributed by atoms with Crippen molar-refractivity contribution in [1.82, 2.24) is 10.2 Å². The van der Waals surface area contributed by atoms with Crippen molar-refractivity contribution >= 4 is 24.8 Å². The van der Waals surface area contributed by atoms with E-state index in [0.717, 1.165) is 49.3 Å². The Balaban J connectivity index is 0.00000200. The number of rotatable bonds is 4. The van der Waals surface area contributed by atoms with Gasteiger partial charge in [-0.05, 0) is 31.9 Å². The molecule has 1 fully saturated rings. The summed E-state index contributed by atoms with van der Waals surface area (Å²) >= 11 is 0. The molecule has 21 heavy (non-hydrogen) atoms. The molecule has 0 saturated carbocycles. The highest BCUT2D eigenvalue weighted by Crippen LogP contribution is 2.33. The van der Waals surface area contributed by atoms with Crippen LogP contribution in [-0.2, 0) is 0 Å². The first kappa shape index (κ1) is 20.3. The van der Waals surface area contributed by atoms with E-state index in [1.54, 1.807) is 0 Å². The minimum atomic E-state index is 0. The summed E-state index contributed by atoms with van der Waals surface area (Å²) in [6.07, 6.45) is 0.899. The Morgan fingerprint density at radius 3 is 2.48 bits per heavy atom. The zero-order chi connectivity index (χ0) is 13.8. The topological polar surface area (TPSA) is 35.5 Å². The van der Waals surface area contributed by atoms with Crippen LogP contribution >= 0.6 is 24.8 Å². The molecule has 0 aliphatic carbocycles. The van der Waals surface area contributed by atoms with E-state index in [0.29, 0.717) is 5.75 Å². The highest BCUT2D eigenvalue weighted by Gasteiger charge is 2.24. The average Bonchev–Trinajstić information content (AvgIpc) is 2.37. The highest BCUT2D eigenvalue weighted by atomic mass is 35.5. The molecule has 2 N–H and O–H groups in total. The second kappa shape index (κ2) is 9.31. The number of hydrogen-bond acceptors (Lipinski definition) is 3. The van der Waals surface area contributed by atoms with E-state index >= 15 is 0 Å². The second-order valence-corrected chi connectivity index (χ2v) is 5.53. The maximum Gasteiger partial charge on any atom is 0.120 e. The van der Waals surface area contributed by atoms with Crippen LogP contribution in [0.15, 0.2) is 30.4 Å². The molecule has 1 aromatic carbocycles. The molecule has 1 aliphatic heterocycles. The number of nitrogens with one attached hydrogen (secondary N) is 1. The highest BCUT2D eigenvalue weighted by molar-refractivity contribution is 5.85. The molecule has 0 unspecified atom stereocenters. The summed E-state index contributed by atoms with van der Waals surface area (Å²) in [6.45, 7) is 12.2. The normalized spacial score (nSPS) is 16.5. The van der Waals surface area contributed by atoms with Gasteiger partial charge in [-0.3, -0.25) is 4.90 Å². The van der Waals surface area contributed by atoms with Gasteiger partial charge >= 0.3 is 0 Å². The van der Waals surface area contributed by atoms with Crippen LogP contribution in [0.25, 0.3) is 0 Å². The van der Waals surface area contributed by atoms with Crippen molar-refractivity contribution < 1.29 is 5.11 Å². The summed E-state index contributed by atoms with van der Waals surface area (Å²) in [4.78, 5) is 2.44. The smallest absolute Gasteiger partial charge is 0.120 e. The molecule has 0 bridgehead atoms. The molecule has 1 heterocycles. The van der Waals surface area contributed by atoms with Gasteiger partial charge in [0.2, 0.25) is 0 Å². The van der Waals surface area contributed by atoms with Gasteiger partial charge in [-0.15, -0.1) is 31.4 Å². The maximum atomic E-state index is 10.2. The van der Waals surface area contributed by atoms with Crippen molar-refractivity contribution in [2.75, 3.05) is 26.2 Å². The predicted octanol–water partition coefficient (Wildman–Crippen LogP) is 3.46. The summed E-state index contributed by atoms with van der Waals surface area (Å²) < 4.78 is 0. The van der Waals surface area contributed by atoms with E-state index < -0.39 is 0 Å². The fourth-order valence-electron chi connectivity index (χ4n) is 2.70. The van der Waals surface area contributed by atoms with Crippen molar-refractivity contribution in [2.45, 2.75) is 26.3 Å². The lowest BCUT2D eigenvalue weighted by Gasteiger charge is -2.35. The van der Waals surface area contributed by atoms with Crippen LogP contribution in [0.2, 0.25) is 0 Å². The number of hydrogen-bond donors (Lipinski definition) is 2. The van der Waals surface area contributed by atoms with Gasteiger partial charge < -0.3 is 10.4 Å². The lowest BCUT2D eigenvalue weighted by atomic mass is 9.96. The summed E-state index contributed by atoms with van der Waals surface area (Å²) in [5.74, 6) is 0.407. The monoisotopic (exact) mass is 332 g/mol. The van der Waals surface area contributed by atoms with Crippen LogP contribution in [0.4, 0.5) is 0 Å². The molecule has 0 aromatic heterocycles. The minimum Gasteiger partial charge on any atom is -0.508 e. The van der Waals surface area contributed by atoms with Crippen LogP contribution in [0.1, 0.15) is 30.5 Å². The maximum absolute atomic E-state index is 10.2. The quantitative estimate of drug-likeness (QED) is 0.829. The standard InChI is InChI=1S/C16H24N2O.2ClH/c1-12(2)10-15(18-8-6-17-7-9-18)14-5-4-13(3)11-16(14)19;;/h4-5,11,15,17,19H,1,6-10H2,2-3H3;2*1H/t15-;;/m1../s1. The Kier molecular flexibility index (Phi) is 8.98. The third-order valence-corrected chi connectivity index (χ3v) is 3.68. The van der Waals surface area contributed by atoms with E-state index in [9.17, 15) is 5.11 Å². The van der Waals surface area contributed by atoms with Gasteiger partial charge in [0, 0.05) is 37.8 Å². The number of benzene rings is 1. The molecule has 5 heteroatoms.